The Kier molecular flexibility index (Phi) is 3.79. The Balaban J connectivity index is 2.40. The van der Waals surface area contributed by atoms with Crippen molar-refractivity contribution in [1.29, 1.82) is 0 Å². The molecule has 2 N–H and O–H groups in total. The van der Waals surface area contributed by atoms with Crippen molar-refractivity contribution in [2.75, 3.05) is 13.7 Å². The number of nitrogens with two attached hydrogens (primary N) is 1. The number of carbonyl (C=O) groups excluding carboxylic acids is 1. The number of hydrogen-bond acceptors (Lipinski definition) is 3. The highest BCUT2D eigenvalue weighted by atomic mass is 16.5. The molecule has 0 bridgehead atoms. The van der Waals surface area contributed by atoms with E-state index in [1.54, 1.807) is 31.4 Å². The molecule has 0 unspecified atom stereocenters. The summed E-state index contributed by atoms with van der Waals surface area (Å²) in [4.78, 5) is 10.4. The lowest BCUT2D eigenvalue weighted by Crippen LogP contribution is -2.14. The minimum absolute atomic E-state index is 0.228. The molecule has 0 aliphatic carbocycles. The predicted octanol–water partition coefficient (Wildman–Crippen LogP) is 0.949. The van der Waals surface area contributed by atoms with E-state index in [2.05, 4.69) is 0 Å². The van der Waals surface area contributed by atoms with Gasteiger partial charge in [-0.1, -0.05) is 0 Å². The monoisotopic (exact) mass is 195 g/mol. The maximum Gasteiger partial charge on any atom is 0.220 e. The minimum Gasteiger partial charge on any atom is -0.497 e. The summed E-state index contributed by atoms with van der Waals surface area (Å²) in [5.41, 5.74) is 4.96. The van der Waals surface area contributed by atoms with E-state index >= 15 is 0 Å². The Bertz CT molecular complexity index is 295. The van der Waals surface area contributed by atoms with Gasteiger partial charge in [0.25, 0.3) is 0 Å². The Morgan fingerprint density at radius 1 is 1.29 bits per heavy atom. The van der Waals surface area contributed by atoms with E-state index in [1.807, 2.05) is 0 Å². The number of methoxy groups -OCH3 is 1. The van der Waals surface area contributed by atoms with Gasteiger partial charge in [0, 0.05) is 0 Å². The number of rotatable bonds is 5. The third-order valence-electron chi connectivity index (χ3n) is 1.68. The Labute approximate surface area is 82.6 Å². The van der Waals surface area contributed by atoms with Crippen molar-refractivity contribution in [3.8, 4) is 11.5 Å². The predicted molar refractivity (Wildman–Crippen MR) is 52.3 cm³/mol. The SMILES string of the molecule is COc1ccc(OCCC(N)=O)cc1. The Hall–Kier alpha value is -1.71. The lowest BCUT2D eigenvalue weighted by atomic mass is 10.3. The van der Waals surface area contributed by atoms with E-state index in [-0.39, 0.29) is 12.3 Å². The first-order valence-corrected chi connectivity index (χ1v) is 4.27. The van der Waals surface area contributed by atoms with Crippen LogP contribution < -0.4 is 15.2 Å². The lowest BCUT2D eigenvalue weighted by molar-refractivity contribution is -0.118. The van der Waals surface area contributed by atoms with Gasteiger partial charge in [0.2, 0.25) is 5.91 Å². The second-order valence-corrected chi connectivity index (χ2v) is 2.74. The van der Waals surface area contributed by atoms with Crippen molar-refractivity contribution >= 4 is 5.91 Å². The first-order valence-electron chi connectivity index (χ1n) is 4.27. The van der Waals surface area contributed by atoms with Crippen LogP contribution in [-0.2, 0) is 4.79 Å². The second kappa shape index (κ2) is 5.11. The molecule has 0 aliphatic heterocycles. The quantitative estimate of drug-likeness (QED) is 0.760. The van der Waals surface area contributed by atoms with Crippen molar-refractivity contribution in [2.45, 2.75) is 6.42 Å². The van der Waals surface area contributed by atoms with Gasteiger partial charge in [0.1, 0.15) is 11.5 Å². The summed E-state index contributed by atoms with van der Waals surface area (Å²) in [6.07, 6.45) is 0.228. The maximum atomic E-state index is 10.4. The number of amides is 1. The number of primary amides is 1. The molecule has 76 valence electrons. The molecule has 0 atom stereocenters. The molecule has 0 fully saturated rings. The smallest absolute Gasteiger partial charge is 0.220 e. The molecule has 0 saturated carbocycles. The summed E-state index contributed by atoms with van der Waals surface area (Å²) in [7, 11) is 1.60. The minimum atomic E-state index is -0.362. The van der Waals surface area contributed by atoms with E-state index in [0.717, 1.165) is 5.75 Å². The number of benzene rings is 1. The van der Waals surface area contributed by atoms with Gasteiger partial charge < -0.3 is 15.2 Å². The van der Waals surface area contributed by atoms with Crippen LogP contribution in [0, 0.1) is 0 Å². The van der Waals surface area contributed by atoms with Crippen LogP contribution in [0.1, 0.15) is 6.42 Å². The Morgan fingerprint density at radius 2 is 1.86 bits per heavy atom. The number of hydrogen-bond donors (Lipinski definition) is 1. The summed E-state index contributed by atoms with van der Waals surface area (Å²) in [6.45, 7) is 0.307. The van der Waals surface area contributed by atoms with Crippen molar-refractivity contribution in [1.82, 2.24) is 0 Å². The molecule has 1 aromatic carbocycles. The first kappa shape index (κ1) is 10.4. The van der Waals surface area contributed by atoms with Gasteiger partial charge in [-0.15, -0.1) is 0 Å². The average Bonchev–Trinajstić information content (AvgIpc) is 2.18. The van der Waals surface area contributed by atoms with Gasteiger partial charge in [-0.3, -0.25) is 4.79 Å². The molecule has 1 aromatic rings. The molecular weight excluding hydrogens is 182 g/mol. The highest BCUT2D eigenvalue weighted by Crippen LogP contribution is 2.16. The van der Waals surface area contributed by atoms with E-state index < -0.39 is 0 Å². The molecule has 4 heteroatoms. The molecule has 4 nitrogen and oxygen atoms in total. The van der Waals surface area contributed by atoms with Gasteiger partial charge >= 0.3 is 0 Å². The van der Waals surface area contributed by atoms with Crippen molar-refractivity contribution in [3.63, 3.8) is 0 Å². The zero-order valence-corrected chi connectivity index (χ0v) is 8.03. The van der Waals surface area contributed by atoms with Gasteiger partial charge in [-0.2, -0.15) is 0 Å². The fourth-order valence-corrected chi connectivity index (χ4v) is 0.941. The third-order valence-corrected chi connectivity index (χ3v) is 1.68. The molecule has 0 radical (unpaired) electrons. The number of carbonyl (C=O) groups is 1. The van der Waals surface area contributed by atoms with Crippen LogP contribution in [0.15, 0.2) is 24.3 Å². The van der Waals surface area contributed by atoms with Crippen molar-refractivity contribution < 1.29 is 14.3 Å². The highest BCUT2D eigenvalue weighted by molar-refractivity contribution is 5.73. The van der Waals surface area contributed by atoms with Crippen LogP contribution in [-0.4, -0.2) is 19.6 Å². The van der Waals surface area contributed by atoms with Crippen LogP contribution in [0.2, 0.25) is 0 Å². The summed E-state index contributed by atoms with van der Waals surface area (Å²) in [5, 5.41) is 0. The zero-order chi connectivity index (χ0) is 10.4. The number of ether oxygens (including phenoxy) is 2. The first-order chi connectivity index (χ1) is 6.72. The molecule has 14 heavy (non-hydrogen) atoms. The van der Waals surface area contributed by atoms with Crippen LogP contribution in [0.5, 0.6) is 11.5 Å². The zero-order valence-electron chi connectivity index (χ0n) is 8.03. The Morgan fingerprint density at radius 3 is 2.36 bits per heavy atom. The van der Waals surface area contributed by atoms with Crippen LogP contribution in [0.25, 0.3) is 0 Å². The molecule has 0 aromatic heterocycles. The molecule has 1 amide bonds. The lowest BCUT2D eigenvalue weighted by Gasteiger charge is -2.05. The van der Waals surface area contributed by atoms with E-state index in [1.165, 1.54) is 0 Å². The maximum absolute atomic E-state index is 10.4. The van der Waals surface area contributed by atoms with Crippen LogP contribution in [0.3, 0.4) is 0 Å². The highest BCUT2D eigenvalue weighted by Gasteiger charge is 1.97. The van der Waals surface area contributed by atoms with Crippen LogP contribution in [0.4, 0.5) is 0 Å². The van der Waals surface area contributed by atoms with Gasteiger partial charge in [0.15, 0.2) is 0 Å². The summed E-state index contributed by atoms with van der Waals surface area (Å²) < 4.78 is 10.2. The van der Waals surface area contributed by atoms with E-state index in [9.17, 15) is 4.79 Å². The molecule has 0 heterocycles. The standard InChI is InChI=1S/C10H13NO3/c1-13-8-2-4-9(5-3-8)14-7-6-10(11)12/h2-5H,6-7H2,1H3,(H2,11,12). The summed E-state index contributed by atoms with van der Waals surface area (Å²) >= 11 is 0. The topological polar surface area (TPSA) is 61.6 Å². The molecule has 0 spiro atoms. The second-order valence-electron chi connectivity index (χ2n) is 2.74. The fourth-order valence-electron chi connectivity index (χ4n) is 0.941. The molecule has 0 aliphatic rings. The fraction of sp³-hybridized carbons (Fsp3) is 0.300. The summed E-state index contributed by atoms with van der Waals surface area (Å²) in [6, 6.07) is 7.14. The van der Waals surface area contributed by atoms with Crippen LogP contribution >= 0.6 is 0 Å². The van der Waals surface area contributed by atoms with Gasteiger partial charge in [-0.05, 0) is 24.3 Å². The molecule has 0 saturated heterocycles. The van der Waals surface area contributed by atoms with Gasteiger partial charge in [-0.25, -0.2) is 0 Å². The summed E-state index contributed by atoms with van der Waals surface area (Å²) in [5.74, 6) is 1.11. The molecular formula is C10H13NO3. The largest absolute Gasteiger partial charge is 0.497 e. The normalized spacial score (nSPS) is 9.50. The van der Waals surface area contributed by atoms with Crippen molar-refractivity contribution in [3.05, 3.63) is 24.3 Å². The van der Waals surface area contributed by atoms with E-state index in [4.69, 9.17) is 15.2 Å². The van der Waals surface area contributed by atoms with E-state index in [0.29, 0.717) is 12.4 Å². The van der Waals surface area contributed by atoms with Crippen molar-refractivity contribution in [2.24, 2.45) is 5.73 Å². The average molecular weight is 195 g/mol. The van der Waals surface area contributed by atoms with Gasteiger partial charge in [0.05, 0.1) is 20.1 Å². The molecule has 1 rings (SSSR count). The third kappa shape index (κ3) is 3.35.